The lowest BCUT2D eigenvalue weighted by molar-refractivity contribution is 0.197. The second kappa shape index (κ2) is 31.7. The molecule has 0 aromatic carbocycles. The average Bonchev–Trinajstić information content (AvgIpc) is 3.07. The predicted octanol–water partition coefficient (Wildman–Crippen LogP) is 11.2. The van der Waals surface area contributed by atoms with E-state index in [1.165, 1.54) is 116 Å². The molecule has 0 saturated carbocycles. The minimum Gasteiger partial charge on any atom is -0.415 e. The molecule has 0 bridgehead atoms. The van der Waals surface area contributed by atoms with Crippen LogP contribution in [0.3, 0.4) is 0 Å². The van der Waals surface area contributed by atoms with Crippen molar-refractivity contribution in [3.8, 4) is 0 Å². The van der Waals surface area contributed by atoms with Gasteiger partial charge in [-0.05, 0) is 168 Å². The summed E-state index contributed by atoms with van der Waals surface area (Å²) in [4.78, 5) is 8.07. The Hall–Kier alpha value is 0.371. The first-order chi connectivity index (χ1) is 24.0. The maximum absolute atomic E-state index is 7.47. The normalized spacial score (nSPS) is 16.0. The quantitative estimate of drug-likeness (QED) is 0.0581. The molecular weight excluding hydrogens is 671 g/mol. The van der Waals surface area contributed by atoms with Gasteiger partial charge in [0.25, 0.3) is 0 Å². The van der Waals surface area contributed by atoms with Crippen molar-refractivity contribution in [2.45, 2.75) is 189 Å². The molecule has 10 heteroatoms. The minimum atomic E-state index is -2.64. The van der Waals surface area contributed by atoms with Gasteiger partial charge < -0.3 is 31.8 Å². The van der Waals surface area contributed by atoms with Gasteiger partial charge in [0.05, 0.1) is 0 Å². The Balaban J connectivity index is 6.09. The highest BCUT2D eigenvalue weighted by molar-refractivity contribution is 6.85. The molecule has 0 rings (SSSR count). The van der Waals surface area contributed by atoms with Crippen molar-refractivity contribution in [1.29, 1.82) is 0 Å². The Bertz CT molecular complexity index is 691. The lowest BCUT2D eigenvalue weighted by atomic mass is 10.2. The van der Waals surface area contributed by atoms with Crippen molar-refractivity contribution in [2.75, 3.05) is 72.1 Å². The number of unbranched alkanes of at least 4 members (excludes halogenated alkanes) is 6. The van der Waals surface area contributed by atoms with E-state index >= 15 is 0 Å². The molecule has 0 radical (unpaired) electrons. The van der Waals surface area contributed by atoms with E-state index < -0.39 is 25.7 Å². The first-order valence-corrected chi connectivity index (χ1v) is 29.4. The summed E-state index contributed by atoms with van der Waals surface area (Å²) in [6.45, 7) is 37.2. The Morgan fingerprint density at radius 1 is 0.320 bits per heavy atom. The Morgan fingerprint density at radius 2 is 0.540 bits per heavy atom. The molecule has 0 aliphatic heterocycles. The molecule has 0 aromatic heterocycles. The zero-order valence-corrected chi connectivity index (χ0v) is 39.0. The van der Waals surface area contributed by atoms with E-state index in [4.69, 9.17) is 17.1 Å². The highest BCUT2D eigenvalue weighted by Gasteiger charge is 2.48. The van der Waals surface area contributed by atoms with Gasteiger partial charge in [-0.3, -0.25) is 0 Å². The van der Waals surface area contributed by atoms with Gasteiger partial charge in [0.1, 0.15) is 0 Å². The summed E-state index contributed by atoms with van der Waals surface area (Å²) in [6, 6.07) is 3.06. The van der Waals surface area contributed by atoms with Crippen LogP contribution in [0, 0.1) is 0 Å². The van der Waals surface area contributed by atoms with Crippen molar-refractivity contribution in [2.24, 2.45) is 0 Å². The van der Waals surface area contributed by atoms with Gasteiger partial charge in [-0.25, -0.2) is 0 Å². The van der Waals surface area contributed by atoms with Crippen LogP contribution in [0.2, 0.25) is 37.8 Å². The predicted molar refractivity (Wildman–Crippen MR) is 227 cm³/mol. The van der Waals surface area contributed by atoms with E-state index in [0.717, 1.165) is 57.0 Å². The van der Waals surface area contributed by atoms with Crippen molar-refractivity contribution in [1.82, 2.24) is 14.7 Å². The second-order valence-electron chi connectivity index (χ2n) is 15.4. The number of nitrogens with zero attached hydrogens (tertiary/aromatic N) is 3. The van der Waals surface area contributed by atoms with E-state index in [1.807, 2.05) is 0 Å². The molecule has 0 aromatic rings. The molecule has 0 aliphatic rings. The average molecular weight is 762 g/mol. The third-order valence-corrected chi connectivity index (χ3v) is 22.5. The van der Waals surface area contributed by atoms with Crippen LogP contribution in [-0.4, -0.2) is 112 Å². The SMILES string of the molecule is CCCCN(CCCC)CCC[Si](C)(OCC)O[Si](C)(CCCN(CCCC)CCCC)O[Si](C)(CCCN(CCCC)CCCC)OCC. The number of rotatable bonds is 38. The molecular formula is C40H91N3O4Si3. The second-order valence-corrected chi connectivity index (χ2v) is 25.9. The van der Waals surface area contributed by atoms with Crippen LogP contribution in [0.15, 0.2) is 0 Å². The van der Waals surface area contributed by atoms with Crippen LogP contribution >= 0.6 is 0 Å². The van der Waals surface area contributed by atoms with E-state index in [-0.39, 0.29) is 0 Å². The fourth-order valence-electron chi connectivity index (χ4n) is 7.12. The van der Waals surface area contributed by atoms with Crippen LogP contribution in [0.4, 0.5) is 0 Å². The Morgan fingerprint density at radius 3 is 0.760 bits per heavy atom. The molecule has 0 spiro atoms. The van der Waals surface area contributed by atoms with Crippen molar-refractivity contribution >= 4 is 25.7 Å². The topological polar surface area (TPSA) is 46.6 Å². The molecule has 302 valence electrons. The summed E-state index contributed by atoms with van der Waals surface area (Å²) < 4.78 is 28.3. The summed E-state index contributed by atoms with van der Waals surface area (Å²) in [5.74, 6) is 0. The van der Waals surface area contributed by atoms with E-state index in [9.17, 15) is 0 Å². The van der Waals surface area contributed by atoms with Crippen molar-refractivity contribution in [3.63, 3.8) is 0 Å². The number of hydrogen-bond donors (Lipinski definition) is 0. The van der Waals surface area contributed by atoms with Crippen LogP contribution < -0.4 is 0 Å². The number of hydrogen-bond acceptors (Lipinski definition) is 7. The fourth-order valence-corrected chi connectivity index (χ4v) is 21.0. The van der Waals surface area contributed by atoms with Crippen molar-refractivity contribution < 1.29 is 17.1 Å². The highest BCUT2D eigenvalue weighted by Crippen LogP contribution is 2.31. The molecule has 2 atom stereocenters. The third-order valence-electron chi connectivity index (χ3n) is 10.0. The van der Waals surface area contributed by atoms with Crippen LogP contribution in [0.1, 0.15) is 152 Å². The largest absolute Gasteiger partial charge is 0.415 e. The molecule has 2 unspecified atom stereocenters. The lowest BCUT2D eigenvalue weighted by Gasteiger charge is -2.42. The van der Waals surface area contributed by atoms with Crippen LogP contribution in [-0.2, 0) is 17.1 Å². The lowest BCUT2D eigenvalue weighted by Crippen LogP contribution is -2.58. The molecule has 0 saturated heterocycles. The van der Waals surface area contributed by atoms with Gasteiger partial charge >= 0.3 is 25.7 Å². The molecule has 0 heterocycles. The first kappa shape index (κ1) is 50.4. The van der Waals surface area contributed by atoms with Gasteiger partial charge in [0, 0.05) is 13.2 Å². The Kier molecular flexibility index (Phi) is 31.9. The smallest absolute Gasteiger partial charge is 0.326 e. The van der Waals surface area contributed by atoms with Gasteiger partial charge in [0.2, 0.25) is 0 Å². The molecule has 50 heavy (non-hydrogen) atoms. The summed E-state index contributed by atoms with van der Waals surface area (Å²) in [5, 5.41) is 0. The van der Waals surface area contributed by atoms with E-state index in [2.05, 4.69) is 89.7 Å². The van der Waals surface area contributed by atoms with Gasteiger partial charge in [0.15, 0.2) is 0 Å². The summed E-state index contributed by atoms with van der Waals surface area (Å²) >= 11 is 0. The zero-order chi connectivity index (χ0) is 37.6. The molecule has 0 amide bonds. The van der Waals surface area contributed by atoms with Gasteiger partial charge in [-0.1, -0.05) is 80.1 Å². The van der Waals surface area contributed by atoms with E-state index in [1.54, 1.807) is 0 Å². The molecule has 7 nitrogen and oxygen atoms in total. The maximum Gasteiger partial charge on any atom is 0.326 e. The monoisotopic (exact) mass is 762 g/mol. The highest BCUT2D eigenvalue weighted by atomic mass is 28.5. The fraction of sp³-hybridized carbons (Fsp3) is 1.00. The Labute approximate surface area is 318 Å². The standard InChI is InChI=1S/C40H91N3O4Si3/c1-12-20-29-41(30-21-13-2)35-26-38-48(9,44-18-7)46-50(11,40-28-37-43(33-24-16-5)34-25-17-6)47-49(10,45-19-8)39-27-36-42(31-22-14-3)32-23-15-4/h12-40H2,1-11H3. The maximum atomic E-state index is 7.47. The van der Waals surface area contributed by atoms with Crippen molar-refractivity contribution in [3.05, 3.63) is 0 Å². The van der Waals surface area contributed by atoms with Crippen LogP contribution in [0.25, 0.3) is 0 Å². The minimum absolute atomic E-state index is 0.704. The summed E-state index contributed by atoms with van der Waals surface area (Å²) in [7, 11) is -7.60. The third kappa shape index (κ3) is 25.4. The van der Waals surface area contributed by atoms with Crippen LogP contribution in [0.5, 0.6) is 0 Å². The zero-order valence-electron chi connectivity index (χ0n) is 36.0. The summed E-state index contributed by atoms with van der Waals surface area (Å²) in [5.41, 5.74) is 0. The summed E-state index contributed by atoms with van der Waals surface area (Å²) in [6.07, 6.45) is 18.6. The van der Waals surface area contributed by atoms with Gasteiger partial charge in [-0.2, -0.15) is 0 Å². The first-order valence-electron chi connectivity index (χ1n) is 21.9. The van der Waals surface area contributed by atoms with E-state index in [0.29, 0.717) is 13.2 Å². The molecule has 0 fully saturated rings. The molecule has 0 aliphatic carbocycles. The molecule has 0 N–H and O–H groups in total. The van der Waals surface area contributed by atoms with Gasteiger partial charge in [-0.15, -0.1) is 0 Å².